The molecule has 0 bridgehead atoms. The molecule has 134 valence electrons. The molecule has 1 saturated heterocycles. The van der Waals surface area contributed by atoms with Crippen LogP contribution in [-0.4, -0.2) is 35.3 Å². The third kappa shape index (κ3) is 3.17. The van der Waals surface area contributed by atoms with Gasteiger partial charge in [-0.2, -0.15) is 0 Å². The smallest absolute Gasteiger partial charge is 0.219 e. The number of amides is 1. The Bertz CT molecular complexity index is 833. The number of hydrogen-bond acceptors (Lipinski definition) is 3. The van der Waals surface area contributed by atoms with Gasteiger partial charge in [0.25, 0.3) is 0 Å². The van der Waals surface area contributed by atoms with Gasteiger partial charge in [-0.05, 0) is 30.5 Å². The van der Waals surface area contributed by atoms with Crippen molar-refractivity contribution in [3.8, 4) is 0 Å². The molecule has 2 aliphatic rings. The van der Waals surface area contributed by atoms with Gasteiger partial charge >= 0.3 is 0 Å². The Hall–Kier alpha value is -2.82. The average molecular weight is 348 g/mol. The van der Waals surface area contributed by atoms with Crippen molar-refractivity contribution < 1.29 is 4.79 Å². The minimum absolute atomic E-state index is 0.118. The number of nitrogens with one attached hydrogen (secondary N) is 2. The molecule has 4 rings (SSSR count). The van der Waals surface area contributed by atoms with E-state index in [0.29, 0.717) is 13.1 Å². The maximum Gasteiger partial charge on any atom is 0.219 e. The molecule has 2 aromatic rings. The van der Waals surface area contributed by atoms with E-state index in [1.807, 2.05) is 35.2 Å². The van der Waals surface area contributed by atoms with Crippen LogP contribution in [0.2, 0.25) is 0 Å². The van der Waals surface area contributed by atoms with Gasteiger partial charge < -0.3 is 15.5 Å². The first-order chi connectivity index (χ1) is 12.7. The zero-order chi connectivity index (χ0) is 18.0. The van der Waals surface area contributed by atoms with Crippen LogP contribution in [0.5, 0.6) is 0 Å². The monoisotopic (exact) mass is 348 g/mol. The Morgan fingerprint density at radius 3 is 2.62 bits per heavy atom. The van der Waals surface area contributed by atoms with Crippen molar-refractivity contribution in [2.75, 3.05) is 23.7 Å². The van der Waals surface area contributed by atoms with Crippen molar-refractivity contribution in [3.63, 3.8) is 0 Å². The summed E-state index contributed by atoms with van der Waals surface area (Å²) in [6.45, 7) is 3.71. The SMILES string of the molecule is CC(=O)N1CCCC2(C1)Nc1ccccc1NC2=NCc1ccccc1. The standard InChI is InChI=1S/C21H24N4O/c1-16(26)25-13-7-12-21(15-25)20(22-14-17-8-3-2-4-9-17)23-18-10-5-6-11-19(18)24-21/h2-6,8-11,24H,7,12-15H2,1H3,(H,22,23). The molecule has 2 aromatic carbocycles. The summed E-state index contributed by atoms with van der Waals surface area (Å²) < 4.78 is 0. The Morgan fingerprint density at radius 2 is 1.85 bits per heavy atom. The molecule has 26 heavy (non-hydrogen) atoms. The fourth-order valence-electron chi connectivity index (χ4n) is 3.83. The number of rotatable bonds is 2. The molecule has 0 radical (unpaired) electrons. The van der Waals surface area contributed by atoms with Crippen molar-refractivity contribution in [3.05, 3.63) is 60.2 Å². The number of para-hydroxylation sites is 2. The van der Waals surface area contributed by atoms with Gasteiger partial charge in [0.1, 0.15) is 11.4 Å². The highest BCUT2D eigenvalue weighted by atomic mass is 16.2. The van der Waals surface area contributed by atoms with Crippen molar-refractivity contribution >= 4 is 23.1 Å². The summed E-state index contributed by atoms with van der Waals surface area (Å²) in [6.07, 6.45) is 1.91. The number of amidine groups is 1. The second kappa shape index (κ2) is 6.83. The second-order valence-electron chi connectivity index (χ2n) is 7.07. The van der Waals surface area contributed by atoms with Crippen LogP contribution in [-0.2, 0) is 11.3 Å². The molecule has 1 spiro atoms. The molecule has 5 nitrogen and oxygen atoms in total. The van der Waals surface area contributed by atoms with E-state index in [9.17, 15) is 4.79 Å². The molecule has 2 aliphatic heterocycles. The Morgan fingerprint density at radius 1 is 1.12 bits per heavy atom. The number of hydrogen-bond donors (Lipinski definition) is 2. The average Bonchev–Trinajstić information content (AvgIpc) is 2.67. The van der Waals surface area contributed by atoms with E-state index in [0.717, 1.165) is 36.6 Å². The number of piperidine rings is 1. The van der Waals surface area contributed by atoms with Crippen LogP contribution in [0.15, 0.2) is 59.6 Å². The normalized spacial score (nSPS) is 23.3. The summed E-state index contributed by atoms with van der Waals surface area (Å²) in [6, 6.07) is 18.4. The number of likely N-dealkylation sites (tertiary alicyclic amines) is 1. The summed E-state index contributed by atoms with van der Waals surface area (Å²) in [5.41, 5.74) is 2.92. The molecular weight excluding hydrogens is 324 g/mol. The van der Waals surface area contributed by atoms with Gasteiger partial charge in [-0.1, -0.05) is 42.5 Å². The summed E-state index contributed by atoms with van der Waals surface area (Å²) in [4.78, 5) is 18.8. The van der Waals surface area contributed by atoms with Gasteiger partial charge in [0.05, 0.1) is 24.5 Å². The second-order valence-corrected chi connectivity index (χ2v) is 7.07. The lowest BCUT2D eigenvalue weighted by molar-refractivity contribution is -0.130. The van der Waals surface area contributed by atoms with Gasteiger partial charge in [0.2, 0.25) is 5.91 Å². The highest BCUT2D eigenvalue weighted by Gasteiger charge is 2.43. The molecule has 0 aliphatic carbocycles. The summed E-state index contributed by atoms with van der Waals surface area (Å²) in [7, 11) is 0. The molecule has 1 atom stereocenters. The Kier molecular flexibility index (Phi) is 4.37. The van der Waals surface area contributed by atoms with Gasteiger partial charge in [-0.25, -0.2) is 0 Å². The van der Waals surface area contributed by atoms with Gasteiger partial charge in [0.15, 0.2) is 0 Å². The summed E-state index contributed by atoms with van der Waals surface area (Å²) in [5.74, 6) is 1.04. The zero-order valence-electron chi connectivity index (χ0n) is 15.0. The third-order valence-corrected chi connectivity index (χ3v) is 5.21. The van der Waals surface area contributed by atoms with E-state index >= 15 is 0 Å². The predicted molar refractivity (Wildman–Crippen MR) is 105 cm³/mol. The van der Waals surface area contributed by atoms with Crippen LogP contribution >= 0.6 is 0 Å². The highest BCUT2D eigenvalue weighted by molar-refractivity contribution is 6.10. The number of aliphatic imine (C=N–C) groups is 1. The lowest BCUT2D eigenvalue weighted by atomic mass is 9.85. The molecule has 1 unspecified atom stereocenters. The summed E-state index contributed by atoms with van der Waals surface area (Å²) in [5, 5.41) is 7.23. The fourth-order valence-corrected chi connectivity index (χ4v) is 3.83. The van der Waals surface area contributed by atoms with Gasteiger partial charge in [-0.15, -0.1) is 0 Å². The van der Waals surface area contributed by atoms with Crippen molar-refractivity contribution in [1.82, 2.24) is 4.90 Å². The highest BCUT2D eigenvalue weighted by Crippen LogP contribution is 2.36. The van der Waals surface area contributed by atoms with E-state index in [4.69, 9.17) is 4.99 Å². The molecule has 2 heterocycles. The van der Waals surface area contributed by atoms with Crippen molar-refractivity contribution in [2.45, 2.75) is 31.8 Å². The van der Waals surface area contributed by atoms with Crippen LogP contribution in [0.4, 0.5) is 11.4 Å². The molecule has 1 fully saturated rings. The zero-order valence-corrected chi connectivity index (χ0v) is 15.0. The number of benzene rings is 2. The molecule has 1 amide bonds. The van der Waals surface area contributed by atoms with Crippen LogP contribution in [0.25, 0.3) is 0 Å². The maximum absolute atomic E-state index is 12.0. The molecule has 0 saturated carbocycles. The number of anilines is 2. The van der Waals surface area contributed by atoms with E-state index in [1.165, 1.54) is 5.56 Å². The van der Waals surface area contributed by atoms with Crippen LogP contribution < -0.4 is 10.6 Å². The Labute approximate surface area is 154 Å². The van der Waals surface area contributed by atoms with E-state index < -0.39 is 0 Å². The minimum Gasteiger partial charge on any atom is -0.370 e. The lowest BCUT2D eigenvalue weighted by Crippen LogP contribution is -2.62. The van der Waals surface area contributed by atoms with Gasteiger partial charge in [-0.3, -0.25) is 9.79 Å². The van der Waals surface area contributed by atoms with E-state index in [-0.39, 0.29) is 11.4 Å². The number of nitrogens with zero attached hydrogens (tertiary/aromatic N) is 2. The molecule has 0 aromatic heterocycles. The molecule has 5 heteroatoms. The first kappa shape index (κ1) is 16.6. The summed E-state index contributed by atoms with van der Waals surface area (Å²) >= 11 is 0. The van der Waals surface area contributed by atoms with Crippen molar-refractivity contribution in [2.24, 2.45) is 4.99 Å². The number of carbonyl (C=O) groups is 1. The quantitative estimate of drug-likeness (QED) is 0.873. The van der Waals surface area contributed by atoms with E-state index in [1.54, 1.807) is 6.92 Å². The van der Waals surface area contributed by atoms with Crippen molar-refractivity contribution in [1.29, 1.82) is 0 Å². The van der Waals surface area contributed by atoms with Crippen LogP contribution in [0.3, 0.4) is 0 Å². The lowest BCUT2D eigenvalue weighted by Gasteiger charge is -2.47. The number of fused-ring (bicyclic) bond motifs is 1. The molecule has 2 N–H and O–H groups in total. The fraction of sp³-hybridized carbons (Fsp3) is 0.333. The number of carbonyl (C=O) groups excluding carboxylic acids is 1. The first-order valence-corrected chi connectivity index (χ1v) is 9.15. The third-order valence-electron chi connectivity index (χ3n) is 5.21. The Balaban J connectivity index is 1.69. The maximum atomic E-state index is 12.0. The van der Waals surface area contributed by atoms with Crippen LogP contribution in [0.1, 0.15) is 25.3 Å². The topological polar surface area (TPSA) is 56.7 Å². The predicted octanol–water partition coefficient (Wildman–Crippen LogP) is 3.50. The largest absolute Gasteiger partial charge is 0.370 e. The van der Waals surface area contributed by atoms with Crippen LogP contribution in [0, 0.1) is 0 Å². The van der Waals surface area contributed by atoms with Gasteiger partial charge in [0, 0.05) is 13.5 Å². The molecular formula is C21H24N4O. The first-order valence-electron chi connectivity index (χ1n) is 9.15. The minimum atomic E-state index is -0.354. The van der Waals surface area contributed by atoms with E-state index in [2.05, 4.69) is 34.9 Å².